The molecule has 0 spiro atoms. The fourth-order valence-electron chi connectivity index (χ4n) is 6.04. The highest BCUT2D eigenvalue weighted by atomic mass is 31.2. The quantitative estimate of drug-likeness (QED) is 0.0199. The first-order valence-corrected chi connectivity index (χ1v) is 24.5. The van der Waals surface area contributed by atoms with Crippen LogP contribution < -0.4 is 4.89 Å². The molecule has 2 unspecified atom stereocenters. The molecule has 0 radical (unpaired) electrons. The van der Waals surface area contributed by atoms with Crippen LogP contribution in [0.2, 0.25) is 0 Å². The molecule has 0 aromatic carbocycles. The zero-order chi connectivity index (χ0) is 42.0. The topological polar surface area (TPSA) is 94.1 Å². The van der Waals surface area contributed by atoms with E-state index in [2.05, 4.69) is 74.6 Å². The van der Waals surface area contributed by atoms with Gasteiger partial charge in [0.1, 0.15) is 19.3 Å². The van der Waals surface area contributed by atoms with Crippen LogP contribution >= 0.6 is 7.82 Å². The molecule has 0 amide bonds. The number of phosphoric ester groups is 1. The molecule has 0 bridgehead atoms. The van der Waals surface area contributed by atoms with E-state index in [0.29, 0.717) is 24.1 Å². The molecule has 0 aliphatic carbocycles. The van der Waals surface area contributed by atoms with Gasteiger partial charge in [-0.1, -0.05) is 177 Å². The number of nitrogens with zero attached hydrogens (tertiary/aromatic N) is 1. The SMILES string of the molecule is CC/C=C\C/C=C\C/C=C\C/C=C\C/C=C\CCCCCCOCC(COP(=O)([O-])OCC[N+](C)(C)C)OC(=O)CCCCCCCCCCCCCCCCC. The van der Waals surface area contributed by atoms with Crippen molar-refractivity contribution in [1.29, 1.82) is 0 Å². The first kappa shape index (κ1) is 55.2. The molecule has 0 N–H and O–H groups in total. The average Bonchev–Trinajstić information content (AvgIpc) is 3.16. The normalized spacial score (nSPS) is 14.3. The van der Waals surface area contributed by atoms with E-state index in [9.17, 15) is 14.3 Å². The Hall–Kier alpha value is -1.80. The highest BCUT2D eigenvalue weighted by molar-refractivity contribution is 7.45. The van der Waals surface area contributed by atoms with Gasteiger partial charge < -0.3 is 27.9 Å². The number of rotatable bonds is 42. The summed E-state index contributed by atoms with van der Waals surface area (Å²) < 4.78 is 34.6. The van der Waals surface area contributed by atoms with Crippen LogP contribution in [0.3, 0.4) is 0 Å². The maximum atomic E-state index is 12.7. The molecule has 0 rings (SSSR count). The zero-order valence-electron chi connectivity index (χ0n) is 37.5. The van der Waals surface area contributed by atoms with Crippen molar-refractivity contribution in [2.24, 2.45) is 0 Å². The summed E-state index contributed by atoms with van der Waals surface area (Å²) in [6, 6.07) is 0. The van der Waals surface area contributed by atoms with Crippen LogP contribution in [0, 0.1) is 0 Å². The van der Waals surface area contributed by atoms with Crippen LogP contribution in [-0.2, 0) is 27.9 Å². The lowest BCUT2D eigenvalue weighted by Crippen LogP contribution is -2.37. The van der Waals surface area contributed by atoms with Crippen molar-refractivity contribution in [3.63, 3.8) is 0 Å². The van der Waals surface area contributed by atoms with Crippen LogP contribution in [-0.4, -0.2) is 70.7 Å². The summed E-state index contributed by atoms with van der Waals surface area (Å²) >= 11 is 0. The second-order valence-corrected chi connectivity index (χ2v) is 17.8. The molecule has 8 nitrogen and oxygen atoms in total. The maximum absolute atomic E-state index is 12.7. The summed E-state index contributed by atoms with van der Waals surface area (Å²) in [5, 5.41) is 0. The Kier molecular flexibility index (Phi) is 39.7. The second-order valence-electron chi connectivity index (χ2n) is 16.4. The first-order chi connectivity index (χ1) is 27.6. The Bertz CT molecular complexity index is 1090. The van der Waals surface area contributed by atoms with Gasteiger partial charge in [0.05, 0.1) is 34.4 Å². The van der Waals surface area contributed by atoms with Gasteiger partial charge in [-0.05, 0) is 57.8 Å². The Balaban J connectivity index is 4.26. The molecule has 332 valence electrons. The summed E-state index contributed by atoms with van der Waals surface area (Å²) in [6.07, 6.45) is 50.9. The minimum Gasteiger partial charge on any atom is -0.756 e. The number of phosphoric acid groups is 1. The number of carbonyl (C=O) groups excluding carboxylic acids is 1. The Morgan fingerprint density at radius 1 is 0.561 bits per heavy atom. The Morgan fingerprint density at radius 3 is 1.53 bits per heavy atom. The molecule has 57 heavy (non-hydrogen) atoms. The molecule has 0 aliphatic rings. The van der Waals surface area contributed by atoms with Crippen molar-refractivity contribution in [2.75, 3.05) is 54.1 Å². The number of likely N-dealkylation sites (N-methyl/N-ethyl adjacent to an activating group) is 1. The molecule has 0 saturated carbocycles. The number of quaternary nitrogens is 1. The summed E-state index contributed by atoms with van der Waals surface area (Å²) in [5.74, 6) is -0.344. The van der Waals surface area contributed by atoms with E-state index < -0.39 is 13.9 Å². The molecule has 0 aromatic rings. The van der Waals surface area contributed by atoms with Gasteiger partial charge in [0.15, 0.2) is 0 Å². The number of carbonyl (C=O) groups is 1. The van der Waals surface area contributed by atoms with Gasteiger partial charge in [-0.15, -0.1) is 0 Å². The van der Waals surface area contributed by atoms with E-state index in [-0.39, 0.29) is 25.8 Å². The van der Waals surface area contributed by atoms with E-state index in [1.807, 2.05) is 21.1 Å². The summed E-state index contributed by atoms with van der Waals surface area (Å²) in [6.45, 7) is 5.24. The standard InChI is InChI=1S/C48H88NO7P/c1-6-8-10-12-14-16-18-20-22-23-24-25-26-28-30-32-34-36-38-40-43-53-45-47(46-55-57(51,52)54-44-42-49(3,4)5)56-48(50)41-39-37-35-33-31-29-27-21-19-17-15-13-11-9-7-2/h8,10,14,16,20,22,24-25,28,30,47H,6-7,9,11-13,15,17-19,21,23,26-27,29,31-46H2,1-5H3/b10-8-,16-14-,22-20-,25-24-,30-28-. The minimum atomic E-state index is -4.53. The summed E-state index contributed by atoms with van der Waals surface area (Å²) in [5.41, 5.74) is 0. The van der Waals surface area contributed by atoms with Gasteiger partial charge in [-0.25, -0.2) is 0 Å². The van der Waals surface area contributed by atoms with Gasteiger partial charge in [0, 0.05) is 13.0 Å². The lowest BCUT2D eigenvalue weighted by Gasteiger charge is -2.28. The molecule has 0 saturated heterocycles. The van der Waals surface area contributed by atoms with Crippen LogP contribution in [0.5, 0.6) is 0 Å². The number of allylic oxidation sites excluding steroid dienone is 10. The molecule has 0 heterocycles. The zero-order valence-corrected chi connectivity index (χ0v) is 38.4. The number of esters is 1. The lowest BCUT2D eigenvalue weighted by atomic mass is 10.0. The third-order valence-electron chi connectivity index (χ3n) is 9.58. The minimum absolute atomic E-state index is 0.0194. The van der Waals surface area contributed by atoms with Gasteiger partial charge in [-0.3, -0.25) is 9.36 Å². The van der Waals surface area contributed by atoms with E-state index >= 15 is 0 Å². The number of unbranched alkanes of at least 4 members (excludes halogenated alkanes) is 18. The predicted octanol–water partition coefficient (Wildman–Crippen LogP) is 13.1. The summed E-state index contributed by atoms with van der Waals surface area (Å²) in [4.78, 5) is 25.1. The van der Waals surface area contributed by atoms with Crippen molar-refractivity contribution in [3.8, 4) is 0 Å². The van der Waals surface area contributed by atoms with E-state index in [1.165, 1.54) is 77.0 Å². The van der Waals surface area contributed by atoms with Gasteiger partial charge in [0.2, 0.25) is 0 Å². The highest BCUT2D eigenvalue weighted by Gasteiger charge is 2.20. The monoisotopic (exact) mass is 822 g/mol. The van der Waals surface area contributed by atoms with Gasteiger partial charge in [-0.2, -0.15) is 0 Å². The number of hydrogen-bond donors (Lipinski definition) is 0. The largest absolute Gasteiger partial charge is 0.756 e. The predicted molar refractivity (Wildman–Crippen MR) is 240 cm³/mol. The first-order valence-electron chi connectivity index (χ1n) is 23.0. The van der Waals surface area contributed by atoms with Crippen LogP contribution in [0.4, 0.5) is 0 Å². The second kappa shape index (κ2) is 41.0. The fourth-order valence-corrected chi connectivity index (χ4v) is 6.77. The van der Waals surface area contributed by atoms with Crippen molar-refractivity contribution in [2.45, 2.75) is 187 Å². The van der Waals surface area contributed by atoms with Crippen molar-refractivity contribution < 1.29 is 37.3 Å². The molecule has 9 heteroatoms. The van der Waals surface area contributed by atoms with Crippen LogP contribution in [0.15, 0.2) is 60.8 Å². The van der Waals surface area contributed by atoms with E-state index in [1.54, 1.807) is 0 Å². The average molecular weight is 822 g/mol. The molecular formula is C48H88NO7P. The van der Waals surface area contributed by atoms with Gasteiger partial charge >= 0.3 is 5.97 Å². The Labute approximate surface area is 351 Å². The molecule has 0 aliphatic heterocycles. The third-order valence-corrected chi connectivity index (χ3v) is 10.5. The van der Waals surface area contributed by atoms with E-state index in [4.69, 9.17) is 18.5 Å². The van der Waals surface area contributed by atoms with Crippen LogP contribution in [0.1, 0.15) is 181 Å². The van der Waals surface area contributed by atoms with Crippen molar-refractivity contribution >= 4 is 13.8 Å². The smallest absolute Gasteiger partial charge is 0.306 e. The molecular weight excluding hydrogens is 734 g/mol. The maximum Gasteiger partial charge on any atom is 0.306 e. The van der Waals surface area contributed by atoms with Crippen molar-refractivity contribution in [1.82, 2.24) is 0 Å². The summed E-state index contributed by atoms with van der Waals surface area (Å²) in [7, 11) is 1.33. The highest BCUT2D eigenvalue weighted by Crippen LogP contribution is 2.38. The van der Waals surface area contributed by atoms with Gasteiger partial charge in [0.25, 0.3) is 7.82 Å². The number of hydrogen-bond acceptors (Lipinski definition) is 7. The Morgan fingerprint density at radius 2 is 1.02 bits per heavy atom. The van der Waals surface area contributed by atoms with E-state index in [0.717, 1.165) is 83.5 Å². The molecule has 0 fully saturated rings. The fraction of sp³-hybridized carbons (Fsp3) is 0.771. The molecule has 2 atom stereocenters. The third kappa shape index (κ3) is 45.1. The van der Waals surface area contributed by atoms with Crippen LogP contribution in [0.25, 0.3) is 0 Å². The number of ether oxygens (including phenoxy) is 2. The van der Waals surface area contributed by atoms with Crippen molar-refractivity contribution in [3.05, 3.63) is 60.8 Å². The lowest BCUT2D eigenvalue weighted by molar-refractivity contribution is -0.870. The molecule has 0 aromatic heterocycles.